The van der Waals surface area contributed by atoms with Gasteiger partial charge in [0, 0.05) is 30.9 Å². The van der Waals surface area contributed by atoms with Crippen molar-refractivity contribution in [2.45, 2.75) is 45.6 Å². The zero-order chi connectivity index (χ0) is 23.1. The standard InChI is InChI=1S/C26H35N3O3/c1-19(27-25(31)21-7-9-22(10-8-21)26(2,3)4)24(30)28-23-11-5-20(6-12-23)13-14-29-15-17-32-18-16-29/h5-12,19H,13-18H2,1-4H3,(H,27,31)(H,28,30). The van der Waals surface area contributed by atoms with Crippen LogP contribution in [-0.4, -0.2) is 55.6 Å². The van der Waals surface area contributed by atoms with Gasteiger partial charge in [-0.25, -0.2) is 0 Å². The van der Waals surface area contributed by atoms with E-state index >= 15 is 0 Å². The lowest BCUT2D eigenvalue weighted by Gasteiger charge is -2.26. The average Bonchev–Trinajstić information content (AvgIpc) is 2.78. The maximum Gasteiger partial charge on any atom is 0.251 e. The molecular formula is C26H35N3O3. The van der Waals surface area contributed by atoms with Crippen molar-refractivity contribution in [1.29, 1.82) is 0 Å². The molecule has 2 aromatic rings. The van der Waals surface area contributed by atoms with Gasteiger partial charge in [-0.3, -0.25) is 14.5 Å². The highest BCUT2D eigenvalue weighted by atomic mass is 16.5. The minimum Gasteiger partial charge on any atom is -0.379 e. The zero-order valence-corrected chi connectivity index (χ0v) is 19.6. The largest absolute Gasteiger partial charge is 0.379 e. The summed E-state index contributed by atoms with van der Waals surface area (Å²) in [6.07, 6.45) is 0.967. The SMILES string of the molecule is CC(NC(=O)c1ccc(C(C)(C)C)cc1)C(=O)Nc1ccc(CCN2CCOCC2)cc1. The summed E-state index contributed by atoms with van der Waals surface area (Å²) in [6.45, 7) is 12.7. The molecule has 0 radical (unpaired) electrons. The van der Waals surface area contributed by atoms with Gasteiger partial charge in [0.25, 0.3) is 5.91 Å². The first-order chi connectivity index (χ1) is 15.2. The van der Waals surface area contributed by atoms with Gasteiger partial charge in [-0.15, -0.1) is 0 Å². The smallest absolute Gasteiger partial charge is 0.251 e. The number of anilines is 1. The molecule has 1 aliphatic rings. The van der Waals surface area contributed by atoms with Crippen molar-refractivity contribution in [2.75, 3.05) is 38.2 Å². The number of hydrogen-bond acceptors (Lipinski definition) is 4. The topological polar surface area (TPSA) is 70.7 Å². The van der Waals surface area contributed by atoms with E-state index < -0.39 is 6.04 Å². The number of nitrogens with zero attached hydrogens (tertiary/aromatic N) is 1. The Kier molecular flexibility index (Phi) is 8.04. The Labute approximate surface area is 191 Å². The van der Waals surface area contributed by atoms with Crippen LogP contribution in [-0.2, 0) is 21.4 Å². The van der Waals surface area contributed by atoms with Crippen molar-refractivity contribution < 1.29 is 14.3 Å². The van der Waals surface area contributed by atoms with Crippen LogP contribution in [0.1, 0.15) is 49.2 Å². The van der Waals surface area contributed by atoms with Crippen molar-refractivity contribution in [3.63, 3.8) is 0 Å². The summed E-state index contributed by atoms with van der Waals surface area (Å²) in [5, 5.41) is 5.66. The molecule has 32 heavy (non-hydrogen) atoms. The van der Waals surface area contributed by atoms with Crippen LogP contribution in [0.25, 0.3) is 0 Å². The second-order valence-corrected chi connectivity index (χ2v) is 9.41. The number of ether oxygens (including phenoxy) is 1. The predicted molar refractivity (Wildman–Crippen MR) is 128 cm³/mol. The molecule has 1 heterocycles. The zero-order valence-electron chi connectivity index (χ0n) is 19.6. The number of amides is 2. The molecule has 0 aliphatic carbocycles. The Balaban J connectivity index is 1.47. The number of rotatable bonds is 7. The molecule has 2 amide bonds. The first-order valence-electron chi connectivity index (χ1n) is 11.3. The highest BCUT2D eigenvalue weighted by Crippen LogP contribution is 2.22. The van der Waals surface area contributed by atoms with Gasteiger partial charge in [-0.1, -0.05) is 45.0 Å². The first-order valence-corrected chi connectivity index (χ1v) is 11.3. The van der Waals surface area contributed by atoms with E-state index in [4.69, 9.17) is 4.74 Å². The lowest BCUT2D eigenvalue weighted by Crippen LogP contribution is -2.41. The second-order valence-electron chi connectivity index (χ2n) is 9.41. The summed E-state index contributed by atoms with van der Waals surface area (Å²) < 4.78 is 5.38. The van der Waals surface area contributed by atoms with Crippen molar-refractivity contribution in [1.82, 2.24) is 10.2 Å². The van der Waals surface area contributed by atoms with Crippen LogP contribution in [0.2, 0.25) is 0 Å². The third-order valence-corrected chi connectivity index (χ3v) is 5.80. The summed E-state index contributed by atoms with van der Waals surface area (Å²) in [7, 11) is 0. The highest BCUT2D eigenvalue weighted by molar-refractivity contribution is 6.00. The lowest BCUT2D eigenvalue weighted by atomic mass is 9.86. The van der Waals surface area contributed by atoms with Crippen molar-refractivity contribution in [2.24, 2.45) is 0 Å². The van der Waals surface area contributed by atoms with Gasteiger partial charge >= 0.3 is 0 Å². The molecule has 0 spiro atoms. The van der Waals surface area contributed by atoms with Gasteiger partial charge in [0.05, 0.1) is 13.2 Å². The molecule has 6 heteroatoms. The molecule has 1 aliphatic heterocycles. The maximum absolute atomic E-state index is 12.5. The van der Waals surface area contributed by atoms with Gasteiger partial charge in [-0.05, 0) is 54.2 Å². The van der Waals surface area contributed by atoms with Gasteiger partial charge in [-0.2, -0.15) is 0 Å². The summed E-state index contributed by atoms with van der Waals surface area (Å²) in [5.41, 5.74) is 3.69. The number of carbonyl (C=O) groups is 2. The number of carbonyl (C=O) groups excluding carboxylic acids is 2. The first kappa shape index (κ1) is 24.0. The molecule has 0 aromatic heterocycles. The molecule has 3 rings (SSSR count). The Morgan fingerprint density at radius 2 is 1.62 bits per heavy atom. The van der Waals surface area contributed by atoms with Crippen LogP contribution in [0.4, 0.5) is 5.69 Å². The monoisotopic (exact) mass is 437 g/mol. The molecule has 6 nitrogen and oxygen atoms in total. The van der Waals surface area contributed by atoms with Crippen LogP contribution in [0.15, 0.2) is 48.5 Å². The summed E-state index contributed by atoms with van der Waals surface area (Å²) in [5.74, 6) is -0.503. The molecule has 2 aromatic carbocycles. The minimum absolute atomic E-state index is 0.0280. The second kappa shape index (κ2) is 10.7. The third kappa shape index (κ3) is 6.90. The Bertz CT molecular complexity index is 895. The average molecular weight is 438 g/mol. The van der Waals surface area contributed by atoms with Crippen LogP contribution >= 0.6 is 0 Å². The molecule has 1 atom stereocenters. The molecular weight excluding hydrogens is 402 g/mol. The van der Waals surface area contributed by atoms with E-state index in [-0.39, 0.29) is 17.2 Å². The van der Waals surface area contributed by atoms with E-state index in [0.29, 0.717) is 5.56 Å². The fourth-order valence-electron chi connectivity index (χ4n) is 3.58. The lowest BCUT2D eigenvalue weighted by molar-refractivity contribution is -0.117. The third-order valence-electron chi connectivity index (χ3n) is 5.80. The van der Waals surface area contributed by atoms with E-state index in [1.807, 2.05) is 36.4 Å². The summed E-state index contributed by atoms with van der Waals surface area (Å²) >= 11 is 0. The molecule has 1 saturated heterocycles. The molecule has 0 saturated carbocycles. The Hall–Kier alpha value is -2.70. The molecule has 1 unspecified atom stereocenters. The fourth-order valence-corrected chi connectivity index (χ4v) is 3.58. The number of benzene rings is 2. The van der Waals surface area contributed by atoms with Crippen molar-refractivity contribution >= 4 is 17.5 Å². The minimum atomic E-state index is -0.647. The van der Waals surface area contributed by atoms with Gasteiger partial charge in [0.2, 0.25) is 5.91 Å². The molecule has 1 fully saturated rings. The van der Waals surface area contributed by atoms with Crippen molar-refractivity contribution in [3.05, 3.63) is 65.2 Å². The van der Waals surface area contributed by atoms with Crippen LogP contribution in [0.3, 0.4) is 0 Å². The highest BCUT2D eigenvalue weighted by Gasteiger charge is 2.18. The molecule has 0 bridgehead atoms. The van der Waals surface area contributed by atoms with Crippen LogP contribution in [0, 0.1) is 0 Å². The molecule has 172 valence electrons. The number of morpholine rings is 1. The van der Waals surface area contributed by atoms with E-state index in [9.17, 15) is 9.59 Å². The van der Waals surface area contributed by atoms with Crippen LogP contribution in [0.5, 0.6) is 0 Å². The predicted octanol–water partition coefficient (Wildman–Crippen LogP) is 3.62. The Morgan fingerprint density at radius 1 is 1.00 bits per heavy atom. The van der Waals surface area contributed by atoms with E-state index in [0.717, 1.165) is 50.5 Å². The maximum atomic E-state index is 12.5. The number of hydrogen-bond donors (Lipinski definition) is 2. The number of nitrogens with one attached hydrogen (secondary N) is 2. The quantitative estimate of drug-likeness (QED) is 0.694. The van der Waals surface area contributed by atoms with Crippen LogP contribution < -0.4 is 10.6 Å². The van der Waals surface area contributed by atoms with Gasteiger partial charge in [0.1, 0.15) is 6.04 Å². The molecule has 2 N–H and O–H groups in total. The van der Waals surface area contributed by atoms with Gasteiger partial charge in [0.15, 0.2) is 0 Å². The summed E-state index contributed by atoms with van der Waals surface area (Å²) in [4.78, 5) is 27.5. The summed E-state index contributed by atoms with van der Waals surface area (Å²) in [6, 6.07) is 14.8. The van der Waals surface area contributed by atoms with Gasteiger partial charge < -0.3 is 15.4 Å². The normalized spacial score (nSPS) is 15.8. The Morgan fingerprint density at radius 3 is 2.22 bits per heavy atom. The fraction of sp³-hybridized carbons (Fsp3) is 0.462. The van der Waals surface area contributed by atoms with E-state index in [1.54, 1.807) is 19.1 Å². The van der Waals surface area contributed by atoms with E-state index in [2.05, 4.69) is 36.3 Å². The van der Waals surface area contributed by atoms with E-state index in [1.165, 1.54) is 5.56 Å². The van der Waals surface area contributed by atoms with Crippen molar-refractivity contribution in [3.8, 4) is 0 Å².